The first-order valence-electron chi connectivity index (χ1n) is 5.46. The standard InChI is InChI=1S/C12H15N3S2/c1-8-7-11(4-3-10(8)5-6-13)17-12-15-14-9(2)16-12/h3-4,7H,5-6,13H2,1-2H3. The van der Waals surface area contributed by atoms with Crippen LogP contribution in [-0.4, -0.2) is 16.7 Å². The van der Waals surface area contributed by atoms with Gasteiger partial charge in [-0.2, -0.15) is 0 Å². The van der Waals surface area contributed by atoms with Crippen LogP contribution in [0, 0.1) is 13.8 Å². The highest BCUT2D eigenvalue weighted by Crippen LogP contribution is 2.31. The van der Waals surface area contributed by atoms with Crippen molar-refractivity contribution in [2.24, 2.45) is 5.73 Å². The van der Waals surface area contributed by atoms with Gasteiger partial charge in [-0.15, -0.1) is 10.2 Å². The molecule has 0 aliphatic heterocycles. The number of aryl methyl sites for hydroxylation is 2. The normalized spacial score (nSPS) is 10.8. The van der Waals surface area contributed by atoms with Crippen molar-refractivity contribution in [3.8, 4) is 0 Å². The molecule has 0 fully saturated rings. The second kappa shape index (κ2) is 5.62. The van der Waals surface area contributed by atoms with Gasteiger partial charge in [0.2, 0.25) is 0 Å². The smallest absolute Gasteiger partial charge is 0.179 e. The van der Waals surface area contributed by atoms with E-state index in [1.807, 2.05) is 6.92 Å². The minimum absolute atomic E-state index is 0.697. The summed E-state index contributed by atoms with van der Waals surface area (Å²) in [5.74, 6) is 0. The molecule has 0 bridgehead atoms. The van der Waals surface area contributed by atoms with Crippen molar-refractivity contribution in [1.82, 2.24) is 10.2 Å². The van der Waals surface area contributed by atoms with Crippen molar-refractivity contribution in [1.29, 1.82) is 0 Å². The number of nitrogens with zero attached hydrogens (tertiary/aromatic N) is 2. The number of hydrogen-bond acceptors (Lipinski definition) is 5. The molecule has 17 heavy (non-hydrogen) atoms. The summed E-state index contributed by atoms with van der Waals surface area (Å²) in [6.45, 7) is 4.79. The van der Waals surface area contributed by atoms with Crippen molar-refractivity contribution < 1.29 is 0 Å². The summed E-state index contributed by atoms with van der Waals surface area (Å²) in [6.07, 6.45) is 0.939. The third-order valence-electron chi connectivity index (χ3n) is 2.44. The molecule has 0 amide bonds. The van der Waals surface area contributed by atoms with Crippen LogP contribution < -0.4 is 5.73 Å². The van der Waals surface area contributed by atoms with Gasteiger partial charge in [-0.3, -0.25) is 0 Å². The van der Waals surface area contributed by atoms with Crippen LogP contribution in [0.4, 0.5) is 0 Å². The van der Waals surface area contributed by atoms with Crippen LogP contribution in [0.5, 0.6) is 0 Å². The van der Waals surface area contributed by atoms with E-state index in [0.717, 1.165) is 15.8 Å². The van der Waals surface area contributed by atoms with Crippen LogP contribution in [0.25, 0.3) is 0 Å². The lowest BCUT2D eigenvalue weighted by atomic mass is 10.1. The predicted molar refractivity (Wildman–Crippen MR) is 72.7 cm³/mol. The zero-order chi connectivity index (χ0) is 12.3. The highest BCUT2D eigenvalue weighted by molar-refractivity contribution is 8.01. The molecule has 5 heteroatoms. The Balaban J connectivity index is 2.14. The number of nitrogens with two attached hydrogens (primary N) is 1. The van der Waals surface area contributed by atoms with Crippen LogP contribution in [0.1, 0.15) is 16.1 Å². The van der Waals surface area contributed by atoms with E-state index < -0.39 is 0 Å². The summed E-state index contributed by atoms with van der Waals surface area (Å²) in [5.41, 5.74) is 8.19. The van der Waals surface area contributed by atoms with Gasteiger partial charge in [-0.05, 0) is 50.1 Å². The fourth-order valence-corrected chi connectivity index (χ4v) is 3.48. The molecule has 2 N–H and O–H groups in total. The van der Waals surface area contributed by atoms with Crippen LogP contribution in [-0.2, 0) is 6.42 Å². The Morgan fingerprint density at radius 2 is 2.12 bits per heavy atom. The van der Waals surface area contributed by atoms with Gasteiger partial charge in [-0.25, -0.2) is 0 Å². The van der Waals surface area contributed by atoms with Gasteiger partial charge >= 0.3 is 0 Å². The van der Waals surface area contributed by atoms with E-state index >= 15 is 0 Å². The second-order valence-electron chi connectivity index (χ2n) is 3.82. The molecule has 1 aromatic carbocycles. The Labute approximate surface area is 109 Å². The van der Waals surface area contributed by atoms with Gasteiger partial charge in [0.05, 0.1) is 0 Å². The van der Waals surface area contributed by atoms with E-state index in [-0.39, 0.29) is 0 Å². The highest BCUT2D eigenvalue weighted by Gasteiger charge is 2.05. The first-order valence-corrected chi connectivity index (χ1v) is 7.10. The first kappa shape index (κ1) is 12.5. The van der Waals surface area contributed by atoms with Crippen LogP contribution in [0.15, 0.2) is 27.4 Å². The molecule has 1 aromatic heterocycles. The van der Waals surface area contributed by atoms with Gasteiger partial charge in [0, 0.05) is 4.90 Å². The van der Waals surface area contributed by atoms with Crippen LogP contribution in [0.2, 0.25) is 0 Å². The third-order valence-corrected chi connectivity index (χ3v) is 4.32. The average molecular weight is 265 g/mol. The highest BCUT2D eigenvalue weighted by atomic mass is 32.2. The summed E-state index contributed by atoms with van der Waals surface area (Å²) in [5, 5.41) is 9.13. The largest absolute Gasteiger partial charge is 0.330 e. The van der Waals surface area contributed by atoms with Gasteiger partial charge in [-0.1, -0.05) is 29.2 Å². The number of benzene rings is 1. The van der Waals surface area contributed by atoms with E-state index in [9.17, 15) is 0 Å². The number of aromatic nitrogens is 2. The van der Waals surface area contributed by atoms with Gasteiger partial charge in [0.1, 0.15) is 5.01 Å². The predicted octanol–water partition coefficient (Wildman–Crippen LogP) is 2.81. The minimum Gasteiger partial charge on any atom is -0.330 e. The van der Waals surface area contributed by atoms with Crippen LogP contribution >= 0.6 is 23.1 Å². The molecule has 3 nitrogen and oxygen atoms in total. The molecule has 0 unspecified atom stereocenters. The first-order chi connectivity index (χ1) is 8.19. The molecular weight excluding hydrogens is 250 g/mol. The fourth-order valence-electron chi connectivity index (χ4n) is 1.59. The SMILES string of the molecule is Cc1nnc(Sc2ccc(CCN)c(C)c2)s1. The maximum atomic E-state index is 5.57. The summed E-state index contributed by atoms with van der Waals surface area (Å²) in [4.78, 5) is 1.21. The molecular formula is C12H15N3S2. The van der Waals surface area contributed by atoms with Gasteiger partial charge in [0.25, 0.3) is 0 Å². The lowest BCUT2D eigenvalue weighted by Gasteiger charge is -2.06. The molecule has 1 heterocycles. The van der Waals surface area contributed by atoms with Crippen molar-refractivity contribution in [3.05, 3.63) is 34.3 Å². The van der Waals surface area contributed by atoms with Gasteiger partial charge < -0.3 is 5.73 Å². The zero-order valence-electron chi connectivity index (χ0n) is 9.93. The molecule has 90 valence electrons. The number of hydrogen-bond donors (Lipinski definition) is 1. The topological polar surface area (TPSA) is 51.8 Å². The van der Waals surface area contributed by atoms with E-state index in [1.54, 1.807) is 23.1 Å². The Kier molecular flexibility index (Phi) is 4.15. The minimum atomic E-state index is 0.697. The van der Waals surface area contributed by atoms with E-state index in [1.165, 1.54) is 16.0 Å². The molecule has 0 saturated heterocycles. The Morgan fingerprint density at radius 3 is 2.71 bits per heavy atom. The van der Waals surface area contributed by atoms with E-state index in [4.69, 9.17) is 5.73 Å². The van der Waals surface area contributed by atoms with Crippen molar-refractivity contribution >= 4 is 23.1 Å². The van der Waals surface area contributed by atoms with Gasteiger partial charge in [0.15, 0.2) is 4.34 Å². The summed E-state index contributed by atoms with van der Waals surface area (Å²) in [6, 6.07) is 6.46. The third kappa shape index (κ3) is 3.28. The van der Waals surface area contributed by atoms with Crippen LogP contribution in [0.3, 0.4) is 0 Å². The number of rotatable bonds is 4. The summed E-state index contributed by atoms with van der Waals surface area (Å²) < 4.78 is 0.994. The molecule has 0 radical (unpaired) electrons. The molecule has 2 rings (SSSR count). The molecule has 0 atom stereocenters. The van der Waals surface area contributed by atoms with E-state index in [2.05, 4.69) is 35.3 Å². The molecule has 0 aliphatic rings. The fraction of sp³-hybridized carbons (Fsp3) is 0.333. The average Bonchev–Trinajstić information content (AvgIpc) is 2.68. The van der Waals surface area contributed by atoms with Crippen molar-refractivity contribution in [2.45, 2.75) is 29.5 Å². The quantitative estimate of drug-likeness (QED) is 0.923. The summed E-state index contributed by atoms with van der Waals surface area (Å²) in [7, 11) is 0. The zero-order valence-corrected chi connectivity index (χ0v) is 11.6. The van der Waals surface area contributed by atoms with E-state index in [0.29, 0.717) is 6.54 Å². The summed E-state index contributed by atoms with van der Waals surface area (Å²) >= 11 is 3.29. The lowest BCUT2D eigenvalue weighted by Crippen LogP contribution is -2.03. The monoisotopic (exact) mass is 265 g/mol. The van der Waals surface area contributed by atoms with Crippen molar-refractivity contribution in [2.75, 3.05) is 6.54 Å². The maximum absolute atomic E-state index is 5.57. The van der Waals surface area contributed by atoms with Crippen molar-refractivity contribution in [3.63, 3.8) is 0 Å². The molecule has 0 aliphatic carbocycles. The lowest BCUT2D eigenvalue weighted by molar-refractivity contribution is 0.954. The Morgan fingerprint density at radius 1 is 1.29 bits per heavy atom. The Hall–Kier alpha value is -0.910. The maximum Gasteiger partial charge on any atom is 0.179 e. The Bertz CT molecular complexity index is 508. The molecule has 0 spiro atoms. The second-order valence-corrected chi connectivity index (χ2v) is 6.32. The molecule has 0 saturated carbocycles. The molecule has 2 aromatic rings.